The third-order valence-corrected chi connectivity index (χ3v) is 21.7. The standard InChI is InChI=1S/C102H200O33/c1-31-37-40-96(34-4)67-132-100(103)129-63-92(27)123-57-86(21)117-51-80(15)111-45-74(9)106-43-72(7)109-49-78(13)115-55-84(19)121-61-90(25)127-70-99(135-95(30)66-126-89(24)60-120-83(18)54-114-77(12)48-108-76(11)47-113-82(17)53-119-88(23)59-125-94(29)65-131-102(105)134-69-98(36-6)42-39-33-3)71-128-91(26)62-122-85(20)56-116-79(14)50-110-73(8)44-107-75(10)46-112-81(16)52-118-87(22)58-124-93(28)64-130-101(104)133-68-97(35-5)41-38-32-2/h72-99H,31-71H2,1-30H3. The molecule has 0 aliphatic carbocycles. The molecule has 0 spiro atoms. The third kappa shape index (κ3) is 80.9. The quantitative estimate of drug-likeness (QED) is 0.0403. The fourth-order valence-electron chi connectivity index (χ4n) is 12.4. The Kier molecular flexibility index (Phi) is 83.3. The van der Waals surface area contributed by atoms with Gasteiger partial charge in [-0.2, -0.15) is 0 Å². The molecule has 0 aromatic carbocycles. The lowest BCUT2D eigenvalue weighted by molar-refractivity contribution is -0.147. The topological polar surface area (TPSA) is 328 Å². The maximum absolute atomic E-state index is 12.2. The van der Waals surface area contributed by atoms with Gasteiger partial charge in [-0.1, -0.05) is 99.3 Å². The van der Waals surface area contributed by atoms with Crippen LogP contribution < -0.4 is 0 Å². The molecule has 0 radical (unpaired) electrons. The van der Waals surface area contributed by atoms with Crippen molar-refractivity contribution in [1.82, 2.24) is 0 Å². The minimum atomic E-state index is -0.666. The van der Waals surface area contributed by atoms with E-state index in [1.54, 1.807) is 0 Å². The van der Waals surface area contributed by atoms with E-state index < -0.39 is 24.6 Å². The summed E-state index contributed by atoms with van der Waals surface area (Å²) in [6.07, 6.45) is 4.96. The highest BCUT2D eigenvalue weighted by Gasteiger charge is 2.26. The van der Waals surface area contributed by atoms with Gasteiger partial charge in [-0.05, 0) is 203 Å². The smallest absolute Gasteiger partial charge is 0.434 e. The number of hydrogen-bond donors (Lipinski definition) is 0. The van der Waals surface area contributed by atoms with Crippen molar-refractivity contribution in [2.24, 2.45) is 17.8 Å². The third-order valence-electron chi connectivity index (χ3n) is 21.7. The molecule has 33 heteroatoms. The van der Waals surface area contributed by atoms with Gasteiger partial charge < -0.3 is 142 Å². The molecule has 0 fully saturated rings. The SMILES string of the molecule is CCCCC(CC)COC(=O)OCC(C)OCC(C)OCC(C)OCC(C)OCC(C)OCC(C)OCC(C)OCC(C)OCC(COC(C)COC(C)COC(C)COC(C)COC(C)COC(C)COC(C)COC(C)COC(=O)OCC(CC)CCCC)OC(C)COC(C)COC(C)COC(C)COC(C)COC(C)COC(C)COC(C)COC(=O)OCC(CC)CCCC. The fourth-order valence-corrected chi connectivity index (χ4v) is 12.4. The number of ether oxygens (including phenoxy) is 30. The van der Waals surface area contributed by atoms with Gasteiger partial charge in [0.1, 0.15) is 25.9 Å². The van der Waals surface area contributed by atoms with Gasteiger partial charge in [0.25, 0.3) is 0 Å². The first-order chi connectivity index (χ1) is 64.3. The zero-order chi connectivity index (χ0) is 101. The fraction of sp³-hybridized carbons (Fsp3) is 0.971. The van der Waals surface area contributed by atoms with Crippen LogP contribution in [0, 0.1) is 17.8 Å². The Morgan fingerprint density at radius 2 is 0.274 bits per heavy atom. The molecule has 0 bridgehead atoms. The predicted molar refractivity (Wildman–Crippen MR) is 521 cm³/mol. The Bertz CT molecular complexity index is 2550. The molecule has 0 aliphatic rings. The Labute approximate surface area is 817 Å². The summed E-state index contributed by atoms with van der Waals surface area (Å²) in [5.41, 5.74) is 0. The summed E-state index contributed by atoms with van der Waals surface area (Å²) in [6.45, 7) is 68.9. The molecule has 0 saturated carbocycles. The van der Waals surface area contributed by atoms with Crippen LogP contribution in [0.2, 0.25) is 0 Å². The minimum Gasteiger partial charge on any atom is -0.434 e. The van der Waals surface area contributed by atoms with Gasteiger partial charge in [0.2, 0.25) is 0 Å². The van der Waals surface area contributed by atoms with Crippen molar-refractivity contribution in [3.63, 3.8) is 0 Å². The number of unbranched alkanes of at least 4 members (excludes halogenated alkanes) is 3. The largest absolute Gasteiger partial charge is 0.508 e. The zero-order valence-corrected chi connectivity index (χ0v) is 90.1. The van der Waals surface area contributed by atoms with Crippen LogP contribution in [0.25, 0.3) is 0 Å². The average molecular weight is 1950 g/mol. The minimum absolute atomic E-state index is 0.0986. The number of rotatable bonds is 95. The van der Waals surface area contributed by atoms with Gasteiger partial charge in [-0.3, -0.25) is 0 Å². The first-order valence-electron chi connectivity index (χ1n) is 51.5. The summed E-state index contributed by atoms with van der Waals surface area (Å²) < 4.78 is 178. The summed E-state index contributed by atoms with van der Waals surface area (Å²) in [7, 11) is 0. The van der Waals surface area contributed by atoms with E-state index in [0.717, 1.165) is 77.0 Å². The van der Waals surface area contributed by atoms with Gasteiger partial charge in [0, 0.05) is 0 Å². The first-order valence-corrected chi connectivity index (χ1v) is 51.5. The van der Waals surface area contributed by atoms with Crippen molar-refractivity contribution in [2.45, 2.75) is 437 Å². The Morgan fingerprint density at radius 3 is 0.407 bits per heavy atom. The second kappa shape index (κ2) is 85.3. The van der Waals surface area contributed by atoms with Gasteiger partial charge >= 0.3 is 18.5 Å². The van der Waals surface area contributed by atoms with Crippen molar-refractivity contribution >= 4 is 18.5 Å². The van der Waals surface area contributed by atoms with E-state index in [2.05, 4.69) is 41.5 Å². The van der Waals surface area contributed by atoms with E-state index >= 15 is 0 Å². The van der Waals surface area contributed by atoms with Crippen LogP contribution >= 0.6 is 0 Å². The van der Waals surface area contributed by atoms with Gasteiger partial charge in [-0.25, -0.2) is 14.4 Å². The van der Waals surface area contributed by atoms with Crippen LogP contribution in [0.4, 0.5) is 14.4 Å². The lowest BCUT2D eigenvalue weighted by Gasteiger charge is -2.27. The van der Waals surface area contributed by atoms with Crippen LogP contribution in [0.15, 0.2) is 0 Å². The zero-order valence-electron chi connectivity index (χ0n) is 90.1. The van der Waals surface area contributed by atoms with Crippen LogP contribution in [0.3, 0.4) is 0 Å². The molecule has 0 N–H and O–H groups in total. The van der Waals surface area contributed by atoms with Gasteiger partial charge in [0.05, 0.1) is 318 Å². The number of carbonyl (C=O) groups is 3. The second-order valence-corrected chi connectivity index (χ2v) is 37.7. The highest BCUT2D eigenvalue weighted by Crippen LogP contribution is 2.20. The highest BCUT2D eigenvalue weighted by atomic mass is 16.7. The van der Waals surface area contributed by atoms with E-state index in [1.807, 2.05) is 166 Å². The first kappa shape index (κ1) is 132. The van der Waals surface area contributed by atoms with E-state index in [-0.39, 0.29) is 180 Å². The van der Waals surface area contributed by atoms with Crippen LogP contribution in [0.5, 0.6) is 0 Å². The Morgan fingerprint density at radius 1 is 0.156 bits per heavy atom. The van der Waals surface area contributed by atoms with E-state index in [9.17, 15) is 14.4 Å². The normalized spacial score (nSPS) is 18.4. The highest BCUT2D eigenvalue weighted by molar-refractivity contribution is 5.60. The van der Waals surface area contributed by atoms with Crippen LogP contribution in [0.1, 0.15) is 285 Å². The van der Waals surface area contributed by atoms with Gasteiger partial charge in [0.15, 0.2) is 0 Å². The maximum Gasteiger partial charge on any atom is 0.508 e. The molecule has 27 unspecified atom stereocenters. The van der Waals surface area contributed by atoms with Crippen molar-refractivity contribution in [2.75, 3.05) is 192 Å². The molecule has 0 rings (SSSR count). The molecule has 0 aromatic heterocycles. The molecular formula is C102H200O33. The molecule has 33 nitrogen and oxygen atoms in total. The lowest BCUT2D eigenvalue weighted by Crippen LogP contribution is -2.36. The summed E-state index contributed by atoms with van der Waals surface area (Å²) in [5.74, 6) is 1.04. The molecular weight excluding hydrogens is 1750 g/mol. The molecule has 806 valence electrons. The molecule has 27 atom stereocenters. The molecule has 0 aliphatic heterocycles. The lowest BCUT2D eigenvalue weighted by atomic mass is 10.0. The summed E-state index contributed by atoms with van der Waals surface area (Å²) in [6, 6.07) is 0. The second-order valence-electron chi connectivity index (χ2n) is 37.7. The van der Waals surface area contributed by atoms with E-state index in [0.29, 0.717) is 176 Å². The van der Waals surface area contributed by atoms with E-state index in [4.69, 9.17) is 142 Å². The van der Waals surface area contributed by atoms with E-state index in [1.165, 1.54) is 0 Å². The van der Waals surface area contributed by atoms with Crippen LogP contribution in [-0.4, -0.2) is 363 Å². The molecule has 135 heavy (non-hydrogen) atoms. The number of hydrogen-bond acceptors (Lipinski definition) is 33. The summed E-state index contributed by atoms with van der Waals surface area (Å²) >= 11 is 0. The van der Waals surface area contributed by atoms with Crippen LogP contribution in [-0.2, 0) is 142 Å². The molecule has 0 aromatic rings. The van der Waals surface area contributed by atoms with Crippen molar-refractivity contribution in [3.8, 4) is 0 Å². The number of carbonyl (C=O) groups excluding carboxylic acids is 3. The van der Waals surface area contributed by atoms with Crippen molar-refractivity contribution in [1.29, 1.82) is 0 Å². The van der Waals surface area contributed by atoms with Gasteiger partial charge in [-0.15, -0.1) is 0 Å². The Hall–Kier alpha value is -3.15. The molecule has 0 saturated heterocycles. The average Bonchev–Trinajstić information content (AvgIpc) is 0.929. The monoisotopic (exact) mass is 1950 g/mol. The predicted octanol–water partition coefficient (Wildman–Crippen LogP) is 18.2. The molecule has 0 amide bonds. The van der Waals surface area contributed by atoms with Crippen molar-refractivity contribution in [3.05, 3.63) is 0 Å². The molecule has 0 heterocycles. The van der Waals surface area contributed by atoms with Crippen molar-refractivity contribution < 1.29 is 156 Å². The Balaban J connectivity index is 5.23. The summed E-state index contributed by atoms with van der Waals surface area (Å²) in [5, 5.41) is 0. The summed E-state index contributed by atoms with van der Waals surface area (Å²) in [4.78, 5) is 36.4. The maximum atomic E-state index is 12.2.